The largest absolute Gasteiger partial charge is 0.483 e. The molecule has 130 heavy (non-hydrogen) atoms. The van der Waals surface area contributed by atoms with Gasteiger partial charge in [-0.15, -0.1) is 45.3 Å². The van der Waals surface area contributed by atoms with Gasteiger partial charge in [0.15, 0.2) is 0 Å². The highest BCUT2D eigenvalue weighted by atomic mass is 32.1. The third-order valence-electron chi connectivity index (χ3n) is 20.8. The minimum atomic E-state index is -0.438. The fourth-order valence-electron chi connectivity index (χ4n) is 14.3. The lowest BCUT2D eigenvalue weighted by Gasteiger charge is -2.34. The van der Waals surface area contributed by atoms with Gasteiger partial charge in [-0.25, -0.2) is 28.7 Å². The molecule has 4 saturated carbocycles. The van der Waals surface area contributed by atoms with Crippen LogP contribution in [0.5, 0.6) is 0 Å². The zero-order valence-electron chi connectivity index (χ0n) is 69.0. The second-order valence-corrected chi connectivity index (χ2v) is 32.8. The van der Waals surface area contributed by atoms with Crippen LogP contribution in [0.15, 0.2) is 181 Å². The van der Waals surface area contributed by atoms with E-state index in [1.54, 1.807) is 108 Å². The Bertz CT molecular complexity index is 5990. The molecule has 4 aliphatic carbocycles. The number of nitrogens with zero attached hydrogens (tertiary/aromatic N) is 20. The van der Waals surface area contributed by atoms with Gasteiger partial charge in [-0.1, -0.05) is 12.1 Å². The number of carbonyl (C=O) groups excluding carboxylic acids is 4. The predicted molar refractivity (Wildman–Crippen MR) is 475 cm³/mol. The minimum absolute atomic E-state index is 0.0973. The molecular weight excluding hydrogens is 1760 g/mol. The number of aliphatic hydroxyl groups is 2. The summed E-state index contributed by atoms with van der Waals surface area (Å²) in [5, 5.41) is 100. The molecule has 0 saturated heterocycles. The highest BCUT2D eigenvalue weighted by molar-refractivity contribution is 7.14. The van der Waals surface area contributed by atoms with Gasteiger partial charge < -0.3 is 51.2 Å². The van der Waals surface area contributed by atoms with E-state index in [0.29, 0.717) is 116 Å². The van der Waals surface area contributed by atoms with Crippen molar-refractivity contribution in [2.75, 3.05) is 34.5 Å². The number of H-pyrrole nitrogens is 4. The maximum absolute atomic E-state index is 13.4. The molecule has 0 aromatic carbocycles. The molecule has 16 heterocycles. The summed E-state index contributed by atoms with van der Waals surface area (Å²) in [6.07, 6.45) is 34.1. The molecular formula is C84H82F2N28O12S4. The van der Waals surface area contributed by atoms with Crippen LogP contribution in [0.4, 0.5) is 31.5 Å². The number of aliphatic hydroxyl groups excluding tert-OH is 2. The molecule has 40 nitrogen and oxygen atoms in total. The Labute approximate surface area is 752 Å². The van der Waals surface area contributed by atoms with Crippen LogP contribution >= 0.6 is 45.3 Å². The smallest absolute Gasteiger partial charge is 0.290 e. The van der Waals surface area contributed by atoms with E-state index in [-0.39, 0.29) is 96.5 Å². The van der Waals surface area contributed by atoms with Crippen molar-refractivity contribution >= 4 is 105 Å². The number of carboxylic acid groups (broad SMARTS) is 2. The number of aromatic amines is 4. The SMILES string of the molecule is CCOC1CC(n2cc(NC(=O)c3csc(-c4cn[nH]c4)n3)c(-c3ccc(F)cn3)n2)C1.CCOC1CC(n2cc(NC(=O)c3csc(-c4cn[nH]c4)n3)c(-c3ccc(F)cn3)n2)C1.O=C(Nc1cn([C@H]2CC[C@H](O)C2)nc1-c1ccccn1)c1csc(-c2cn[nH]c2)n1.O=C(Nc1cn([C@H]2CC[C@H](O)C2)nc1-c1ccccn1)c1csc(-c2cn[nH]c2)n1.O=CO.O=CO. The summed E-state index contributed by atoms with van der Waals surface area (Å²) in [5.74, 6) is -2.23. The average Bonchev–Trinajstić information content (AvgIpc) is 1.64. The van der Waals surface area contributed by atoms with Gasteiger partial charge in [0.1, 0.15) is 77.2 Å². The number of amides is 4. The summed E-state index contributed by atoms with van der Waals surface area (Å²) in [5.41, 5.74) is 11.1. The zero-order valence-corrected chi connectivity index (χ0v) is 72.2. The molecule has 16 aromatic heterocycles. The number of thiazole rings is 4. The molecule has 0 spiro atoms. The lowest BCUT2D eigenvalue weighted by atomic mass is 9.89. The number of pyridine rings is 4. The number of rotatable bonds is 24. The Morgan fingerprint density at radius 3 is 0.946 bits per heavy atom. The van der Waals surface area contributed by atoms with Crippen molar-refractivity contribution in [3.63, 3.8) is 0 Å². The van der Waals surface area contributed by atoms with E-state index >= 15 is 0 Å². The van der Waals surface area contributed by atoms with Crippen molar-refractivity contribution in [1.29, 1.82) is 0 Å². The van der Waals surface area contributed by atoms with Crippen molar-refractivity contribution in [1.82, 2.24) is 120 Å². The van der Waals surface area contributed by atoms with Gasteiger partial charge in [0, 0.05) is 119 Å². The van der Waals surface area contributed by atoms with Gasteiger partial charge in [-0.3, -0.25) is 87.8 Å². The van der Waals surface area contributed by atoms with Crippen molar-refractivity contribution in [2.45, 2.75) is 127 Å². The van der Waals surface area contributed by atoms with E-state index in [9.17, 15) is 38.2 Å². The fraction of sp³-hybridized carbons (Fsp3) is 0.262. The maximum Gasteiger partial charge on any atom is 0.290 e. The Hall–Kier alpha value is -14.7. The van der Waals surface area contributed by atoms with Gasteiger partial charge in [0.2, 0.25) is 0 Å². The molecule has 4 aliphatic rings. The van der Waals surface area contributed by atoms with Gasteiger partial charge in [-0.2, -0.15) is 40.8 Å². The van der Waals surface area contributed by atoms with Crippen LogP contribution in [0.2, 0.25) is 0 Å². The van der Waals surface area contributed by atoms with Crippen LogP contribution in [0.1, 0.15) is 144 Å². The second-order valence-electron chi connectivity index (χ2n) is 29.4. The quantitative estimate of drug-likeness (QED) is 0.0250. The first-order valence-corrected chi connectivity index (χ1v) is 44.1. The topological polar surface area (TPSA) is 539 Å². The van der Waals surface area contributed by atoms with Crippen LogP contribution in [0.25, 0.3) is 87.8 Å². The number of halogens is 2. The minimum Gasteiger partial charge on any atom is -0.483 e. The van der Waals surface area contributed by atoms with Crippen LogP contribution in [-0.2, 0) is 19.1 Å². The Kier molecular flexibility index (Phi) is 29.6. The van der Waals surface area contributed by atoms with E-state index < -0.39 is 11.6 Å². The molecule has 16 aromatic rings. The summed E-state index contributed by atoms with van der Waals surface area (Å²) in [4.78, 5) is 103. The Morgan fingerprint density at radius 2 is 0.708 bits per heavy atom. The number of aromatic nitrogens is 24. The summed E-state index contributed by atoms with van der Waals surface area (Å²) in [7, 11) is 0. The Morgan fingerprint density at radius 1 is 0.415 bits per heavy atom. The van der Waals surface area contributed by atoms with Crippen LogP contribution < -0.4 is 21.3 Å². The monoisotopic (exact) mass is 1840 g/mol. The first kappa shape index (κ1) is 90.1. The van der Waals surface area contributed by atoms with Gasteiger partial charge in [0.25, 0.3) is 36.6 Å². The lowest BCUT2D eigenvalue weighted by Crippen LogP contribution is -2.33. The molecule has 0 bridgehead atoms. The van der Waals surface area contributed by atoms with Crippen LogP contribution in [-0.4, -0.2) is 214 Å². The predicted octanol–water partition coefficient (Wildman–Crippen LogP) is 13.5. The number of ether oxygens (including phenoxy) is 2. The Balaban J connectivity index is 0.000000130. The van der Waals surface area contributed by atoms with Gasteiger partial charge >= 0.3 is 0 Å². The molecule has 0 radical (unpaired) electrons. The highest BCUT2D eigenvalue weighted by Gasteiger charge is 2.36. The normalized spacial score (nSPS) is 17.5. The maximum atomic E-state index is 13.4. The van der Waals surface area contributed by atoms with Crippen molar-refractivity contribution in [3.8, 4) is 87.8 Å². The number of anilines is 4. The molecule has 4 fully saturated rings. The zero-order chi connectivity index (χ0) is 90.6. The first-order valence-electron chi connectivity index (χ1n) is 40.6. The first-order chi connectivity index (χ1) is 63.4. The third kappa shape index (κ3) is 22.3. The van der Waals surface area contributed by atoms with E-state index in [1.165, 1.54) is 57.5 Å². The van der Waals surface area contributed by atoms with Crippen LogP contribution in [0, 0.1) is 11.6 Å². The van der Waals surface area contributed by atoms with E-state index in [4.69, 9.17) is 29.3 Å². The summed E-state index contributed by atoms with van der Waals surface area (Å²) in [6.45, 7) is 4.81. The number of nitrogens with one attached hydrogen (secondary N) is 8. The van der Waals surface area contributed by atoms with Crippen LogP contribution in [0.3, 0.4) is 0 Å². The van der Waals surface area contributed by atoms with Gasteiger partial charge in [-0.05, 0) is 127 Å². The third-order valence-corrected chi connectivity index (χ3v) is 24.4. The molecule has 668 valence electrons. The van der Waals surface area contributed by atoms with Crippen molar-refractivity contribution in [3.05, 3.63) is 216 Å². The van der Waals surface area contributed by atoms with E-state index in [2.05, 4.69) is 122 Å². The molecule has 0 unspecified atom stereocenters. The summed E-state index contributed by atoms with van der Waals surface area (Å²) >= 11 is 5.47. The second kappa shape index (κ2) is 42.7. The fourth-order valence-corrected chi connectivity index (χ4v) is 17.5. The molecule has 4 atom stereocenters. The molecule has 20 rings (SSSR count). The number of hydrogen-bond donors (Lipinski definition) is 12. The summed E-state index contributed by atoms with van der Waals surface area (Å²) < 4.78 is 45.3. The molecule has 12 N–H and O–H groups in total. The van der Waals surface area contributed by atoms with E-state index in [1.807, 2.05) is 81.4 Å². The lowest BCUT2D eigenvalue weighted by molar-refractivity contribution is -0.123. The van der Waals surface area contributed by atoms with Gasteiger partial charge in [0.05, 0.1) is 131 Å². The number of carbonyl (C=O) groups is 6. The average molecular weight is 1840 g/mol. The standard InChI is InChI=1S/2C21H20FN7O2S.2C20H19N7O2S.2CH2O2/c2*1-2-31-15-5-14(6-15)29-10-17(19(28-29)16-4-3-13(22)9-23-16)26-20(30)18-11-32-21(27-18)12-7-24-25-8-12;2*28-14-5-4-13(7-14)27-10-16(18(26-27)15-3-1-2-6-21-15)24-19(29)17-11-30-20(25-17)12-8-22-23-9-12;2*2-1-3/h2*3-4,7-11,14-15H,2,5-6H2,1H3,(H,24,25)(H,26,30);2*1-3,6,8-11,13-14,28H,4-5,7H2,(H,22,23)(H,24,29);2*1H,(H,2,3)/t;;2*13-,14-;;/m..00../s1. The molecule has 46 heteroatoms. The summed E-state index contributed by atoms with van der Waals surface area (Å²) in [6, 6.07) is 17.4. The highest BCUT2D eigenvalue weighted by Crippen LogP contribution is 2.42. The number of hydrogen-bond acceptors (Lipinski definition) is 30. The molecule has 4 amide bonds. The molecule has 0 aliphatic heterocycles. The van der Waals surface area contributed by atoms with Crippen molar-refractivity contribution < 1.29 is 67.4 Å². The van der Waals surface area contributed by atoms with Crippen molar-refractivity contribution in [2.24, 2.45) is 0 Å². The van der Waals surface area contributed by atoms with E-state index in [0.717, 1.165) is 96.0 Å².